The highest BCUT2D eigenvalue weighted by molar-refractivity contribution is 5.96. The summed E-state index contributed by atoms with van der Waals surface area (Å²) in [6, 6.07) is 7.46. The van der Waals surface area contributed by atoms with Crippen LogP contribution >= 0.6 is 0 Å². The van der Waals surface area contributed by atoms with Gasteiger partial charge in [-0.15, -0.1) is 0 Å². The molecule has 2 heterocycles. The fourth-order valence-electron chi connectivity index (χ4n) is 3.87. The third kappa shape index (κ3) is 2.57. The number of hydrogen-bond donors (Lipinski definition) is 1. The fourth-order valence-corrected chi connectivity index (χ4v) is 3.87. The molecule has 1 N–H and O–H groups in total. The van der Waals surface area contributed by atoms with Crippen molar-refractivity contribution >= 4 is 17.6 Å². The molecule has 0 unspecified atom stereocenters. The first-order chi connectivity index (χ1) is 10.8. The monoisotopic (exact) mass is 317 g/mol. The first-order valence-corrected chi connectivity index (χ1v) is 7.82. The topological polar surface area (TPSA) is 64.1 Å². The summed E-state index contributed by atoms with van der Waals surface area (Å²) in [5.41, 5.74) is 0.761. The number of benzene rings is 1. The van der Waals surface area contributed by atoms with Crippen LogP contribution in [0.3, 0.4) is 0 Å². The Morgan fingerprint density at radius 2 is 2.00 bits per heavy atom. The summed E-state index contributed by atoms with van der Waals surface area (Å²) in [5, 5.41) is 9.71. The van der Waals surface area contributed by atoms with Crippen molar-refractivity contribution in [2.45, 2.75) is 0 Å². The molecule has 0 radical (unpaired) electrons. The van der Waals surface area contributed by atoms with Crippen LogP contribution in [0.5, 0.6) is 0 Å². The number of rotatable bonds is 3. The Hall–Kier alpha value is -2.08. The highest BCUT2D eigenvalue weighted by Crippen LogP contribution is 2.42. The molecule has 6 nitrogen and oxygen atoms in total. The Morgan fingerprint density at radius 1 is 1.26 bits per heavy atom. The van der Waals surface area contributed by atoms with E-state index in [0.717, 1.165) is 12.2 Å². The van der Waals surface area contributed by atoms with Gasteiger partial charge in [0, 0.05) is 57.4 Å². The van der Waals surface area contributed by atoms with Crippen LogP contribution in [0.15, 0.2) is 24.3 Å². The standard InChI is InChI=1S/C17H23N3O3/c1-18(2)14-6-4-5-12(7-14)15(21)20-9-13-8-19(3)10-17(13,11-20)16(22)23/h4-7,13H,8-11H2,1-3H3,(H,22,23)/t13-,17-/m0/s1. The molecule has 0 saturated carbocycles. The van der Waals surface area contributed by atoms with Crippen molar-refractivity contribution in [1.82, 2.24) is 9.80 Å². The smallest absolute Gasteiger partial charge is 0.313 e. The van der Waals surface area contributed by atoms with Gasteiger partial charge >= 0.3 is 5.97 Å². The zero-order valence-corrected chi connectivity index (χ0v) is 13.8. The second-order valence-electron chi connectivity index (χ2n) is 6.99. The lowest BCUT2D eigenvalue weighted by molar-refractivity contribution is -0.148. The van der Waals surface area contributed by atoms with E-state index in [1.54, 1.807) is 11.0 Å². The molecule has 3 rings (SSSR count). The lowest BCUT2D eigenvalue weighted by Gasteiger charge is -2.24. The Bertz CT molecular complexity index is 646. The van der Waals surface area contributed by atoms with Crippen molar-refractivity contribution in [2.75, 3.05) is 52.2 Å². The molecule has 2 aliphatic rings. The van der Waals surface area contributed by atoms with Gasteiger partial charge in [0.1, 0.15) is 5.41 Å². The predicted molar refractivity (Wildman–Crippen MR) is 87.7 cm³/mol. The minimum atomic E-state index is -0.816. The zero-order valence-electron chi connectivity index (χ0n) is 13.8. The number of anilines is 1. The van der Waals surface area contributed by atoms with E-state index < -0.39 is 11.4 Å². The van der Waals surface area contributed by atoms with Crippen LogP contribution < -0.4 is 4.90 Å². The normalized spacial score (nSPS) is 27.1. The summed E-state index contributed by atoms with van der Waals surface area (Å²) >= 11 is 0. The highest BCUT2D eigenvalue weighted by Gasteiger charge is 2.57. The summed E-state index contributed by atoms with van der Waals surface area (Å²) < 4.78 is 0. The second kappa shape index (κ2) is 5.53. The predicted octanol–water partition coefficient (Wildman–Crippen LogP) is 0.841. The van der Waals surface area contributed by atoms with Crippen molar-refractivity contribution in [3.8, 4) is 0 Å². The molecular formula is C17H23N3O3. The van der Waals surface area contributed by atoms with Crippen molar-refractivity contribution in [3.63, 3.8) is 0 Å². The molecule has 1 aromatic rings. The van der Waals surface area contributed by atoms with Gasteiger partial charge in [-0.3, -0.25) is 9.59 Å². The van der Waals surface area contributed by atoms with Crippen LogP contribution in [0, 0.1) is 11.3 Å². The number of carboxylic acids is 1. The Morgan fingerprint density at radius 3 is 2.61 bits per heavy atom. The number of nitrogens with zero attached hydrogens (tertiary/aromatic N) is 3. The largest absolute Gasteiger partial charge is 0.481 e. The maximum atomic E-state index is 12.8. The molecule has 6 heteroatoms. The van der Waals surface area contributed by atoms with E-state index in [-0.39, 0.29) is 11.8 Å². The number of carbonyl (C=O) groups excluding carboxylic acids is 1. The summed E-state index contributed by atoms with van der Waals surface area (Å²) in [5.74, 6) is -0.860. The van der Waals surface area contributed by atoms with Crippen molar-refractivity contribution in [3.05, 3.63) is 29.8 Å². The molecule has 2 aliphatic heterocycles. The third-order valence-electron chi connectivity index (χ3n) is 5.10. The minimum Gasteiger partial charge on any atom is -0.481 e. The summed E-state index contributed by atoms with van der Waals surface area (Å²) in [7, 11) is 5.80. The van der Waals surface area contributed by atoms with E-state index in [9.17, 15) is 14.7 Å². The average Bonchev–Trinajstić information content (AvgIpc) is 3.00. The van der Waals surface area contributed by atoms with E-state index in [1.807, 2.05) is 49.1 Å². The zero-order chi connectivity index (χ0) is 16.8. The van der Waals surface area contributed by atoms with Gasteiger partial charge in [-0.25, -0.2) is 0 Å². The lowest BCUT2D eigenvalue weighted by atomic mass is 9.81. The molecule has 0 aromatic heterocycles. The van der Waals surface area contributed by atoms with Gasteiger partial charge in [-0.1, -0.05) is 6.07 Å². The number of aliphatic carboxylic acids is 1. The molecule has 124 valence electrons. The minimum absolute atomic E-state index is 0.00554. The van der Waals surface area contributed by atoms with Gasteiger partial charge in [0.05, 0.1) is 0 Å². The molecule has 0 bridgehead atoms. The van der Waals surface area contributed by atoms with Gasteiger partial charge in [-0.05, 0) is 25.2 Å². The van der Waals surface area contributed by atoms with Crippen molar-refractivity contribution in [1.29, 1.82) is 0 Å². The Labute approximate surface area is 136 Å². The van der Waals surface area contributed by atoms with Gasteiger partial charge in [0.25, 0.3) is 5.91 Å². The molecule has 1 amide bonds. The van der Waals surface area contributed by atoms with Gasteiger partial charge < -0.3 is 19.8 Å². The van der Waals surface area contributed by atoms with Crippen molar-refractivity contribution in [2.24, 2.45) is 11.3 Å². The number of amides is 1. The van der Waals surface area contributed by atoms with Crippen LogP contribution in [0.2, 0.25) is 0 Å². The maximum Gasteiger partial charge on any atom is 0.313 e. The molecule has 0 spiro atoms. The summed E-state index contributed by atoms with van der Waals surface area (Å²) in [6.45, 7) is 2.05. The fraction of sp³-hybridized carbons (Fsp3) is 0.529. The number of fused-ring (bicyclic) bond motifs is 1. The molecule has 0 aliphatic carbocycles. The second-order valence-corrected chi connectivity index (χ2v) is 6.99. The van der Waals surface area contributed by atoms with Crippen LogP contribution in [0.1, 0.15) is 10.4 Å². The average molecular weight is 317 g/mol. The van der Waals surface area contributed by atoms with Gasteiger partial charge in [0.15, 0.2) is 0 Å². The van der Waals surface area contributed by atoms with E-state index in [1.165, 1.54) is 0 Å². The van der Waals surface area contributed by atoms with E-state index in [4.69, 9.17) is 0 Å². The van der Waals surface area contributed by atoms with Crippen molar-refractivity contribution < 1.29 is 14.7 Å². The molecule has 23 heavy (non-hydrogen) atoms. The van der Waals surface area contributed by atoms with Crippen LogP contribution in [-0.4, -0.2) is 74.1 Å². The highest BCUT2D eigenvalue weighted by atomic mass is 16.4. The summed E-state index contributed by atoms with van der Waals surface area (Å²) in [6.07, 6.45) is 0. The van der Waals surface area contributed by atoms with E-state index >= 15 is 0 Å². The quantitative estimate of drug-likeness (QED) is 0.895. The molecule has 2 atom stereocenters. The van der Waals surface area contributed by atoms with Crippen LogP contribution in [0.4, 0.5) is 5.69 Å². The van der Waals surface area contributed by atoms with Gasteiger partial charge in [0.2, 0.25) is 0 Å². The Balaban J connectivity index is 1.83. The first-order valence-electron chi connectivity index (χ1n) is 7.82. The first kappa shape index (κ1) is 15.8. The maximum absolute atomic E-state index is 12.8. The van der Waals surface area contributed by atoms with E-state index in [2.05, 4.69) is 0 Å². The molecular weight excluding hydrogens is 294 g/mol. The van der Waals surface area contributed by atoms with Crippen LogP contribution in [0.25, 0.3) is 0 Å². The SMILES string of the molecule is CN1C[C@H]2CN(C(=O)c3cccc(N(C)C)c3)C[C@@]2(C(=O)O)C1. The number of carboxylic acid groups (broad SMARTS) is 1. The van der Waals surface area contributed by atoms with E-state index in [0.29, 0.717) is 25.2 Å². The molecule has 2 saturated heterocycles. The van der Waals surface area contributed by atoms with Gasteiger partial charge in [-0.2, -0.15) is 0 Å². The molecule has 2 fully saturated rings. The lowest BCUT2D eigenvalue weighted by Crippen LogP contribution is -2.41. The summed E-state index contributed by atoms with van der Waals surface area (Å²) in [4.78, 5) is 30.3. The Kier molecular flexibility index (Phi) is 3.80. The van der Waals surface area contributed by atoms with Crippen LogP contribution in [-0.2, 0) is 4.79 Å². The molecule has 1 aromatic carbocycles. The number of hydrogen-bond acceptors (Lipinski definition) is 4. The third-order valence-corrected chi connectivity index (χ3v) is 5.10. The number of carbonyl (C=O) groups is 2. The number of likely N-dealkylation sites (tertiary alicyclic amines) is 2.